The molecule has 0 saturated heterocycles. The topological polar surface area (TPSA) is 84.9 Å². The lowest BCUT2D eigenvalue weighted by Gasteiger charge is -2.27. The normalized spacial score (nSPS) is 16.6. The quantitative estimate of drug-likeness (QED) is 0.361. The molecule has 1 aromatic carbocycles. The number of carbonyl (C=O) groups is 2. The zero-order valence-corrected chi connectivity index (χ0v) is 17.6. The van der Waals surface area contributed by atoms with Gasteiger partial charge in [-0.15, -0.1) is 0 Å². The van der Waals surface area contributed by atoms with E-state index in [9.17, 15) is 32.3 Å². The van der Waals surface area contributed by atoms with Crippen molar-refractivity contribution in [2.45, 2.75) is 70.6 Å². The first-order valence-corrected chi connectivity index (χ1v) is 10.0. The van der Waals surface area contributed by atoms with Crippen molar-refractivity contribution in [2.75, 3.05) is 6.61 Å². The van der Waals surface area contributed by atoms with Crippen LogP contribution >= 0.6 is 0 Å². The molecule has 2 rings (SSSR count). The van der Waals surface area contributed by atoms with Gasteiger partial charge in [0.25, 0.3) is 0 Å². The summed E-state index contributed by atoms with van der Waals surface area (Å²) in [6, 6.07) is -1.17. The Balaban J connectivity index is 2.12. The minimum Gasteiger partial charge on any atom is -0.485 e. The smallest absolute Gasteiger partial charge is 0.308 e. The summed E-state index contributed by atoms with van der Waals surface area (Å²) in [5.74, 6) is -9.56. The van der Waals surface area contributed by atoms with Gasteiger partial charge in [0, 0.05) is 12.0 Å². The molecule has 1 amide bonds. The third kappa shape index (κ3) is 7.09. The van der Waals surface area contributed by atoms with Gasteiger partial charge in [0.2, 0.25) is 17.5 Å². The Morgan fingerprint density at radius 3 is 2.19 bits per heavy atom. The number of nitrogens with one attached hydrogen (secondary N) is 1. The minimum atomic E-state index is -1.76. The molecule has 6 nitrogen and oxygen atoms in total. The van der Waals surface area contributed by atoms with E-state index in [2.05, 4.69) is 5.32 Å². The monoisotopic (exact) mass is 449 g/mol. The van der Waals surface area contributed by atoms with E-state index in [1.165, 1.54) is 0 Å². The van der Waals surface area contributed by atoms with Crippen molar-refractivity contribution >= 4 is 11.9 Å². The summed E-state index contributed by atoms with van der Waals surface area (Å²) in [6.45, 7) is 4.08. The van der Waals surface area contributed by atoms with Crippen LogP contribution in [0.2, 0.25) is 0 Å². The number of rotatable bonds is 8. The third-order valence-electron chi connectivity index (χ3n) is 4.79. The number of esters is 1. The summed E-state index contributed by atoms with van der Waals surface area (Å²) in [4.78, 5) is 24.7. The lowest BCUT2D eigenvalue weighted by atomic mass is 10.0. The second kappa shape index (κ2) is 10.3. The molecule has 1 fully saturated rings. The zero-order chi connectivity index (χ0) is 23.3. The van der Waals surface area contributed by atoms with E-state index in [0.717, 1.165) is 12.8 Å². The molecule has 1 aromatic rings. The molecule has 174 valence electrons. The van der Waals surface area contributed by atoms with Gasteiger partial charge in [-0.2, -0.15) is 8.78 Å². The van der Waals surface area contributed by atoms with E-state index in [1.807, 2.05) is 0 Å². The summed E-state index contributed by atoms with van der Waals surface area (Å²) in [6.07, 6.45) is 1.02. The van der Waals surface area contributed by atoms with Crippen molar-refractivity contribution < 1.29 is 41.7 Å². The van der Waals surface area contributed by atoms with Crippen molar-refractivity contribution in [2.24, 2.45) is 5.92 Å². The summed E-state index contributed by atoms with van der Waals surface area (Å²) in [7, 11) is 0. The fourth-order valence-electron chi connectivity index (χ4n) is 3.30. The molecular formula is C21H27F4NO5. The van der Waals surface area contributed by atoms with Crippen LogP contribution in [-0.2, 0) is 14.3 Å². The maximum Gasteiger partial charge on any atom is 0.308 e. The van der Waals surface area contributed by atoms with Crippen LogP contribution in [-0.4, -0.2) is 41.3 Å². The molecule has 0 heterocycles. The van der Waals surface area contributed by atoms with Crippen LogP contribution in [0, 0.1) is 29.2 Å². The molecule has 0 aromatic heterocycles. The Morgan fingerprint density at radius 2 is 1.68 bits per heavy atom. The minimum absolute atomic E-state index is 0.0289. The highest BCUT2D eigenvalue weighted by Crippen LogP contribution is 2.27. The molecular weight excluding hydrogens is 422 g/mol. The van der Waals surface area contributed by atoms with Gasteiger partial charge in [0.15, 0.2) is 17.4 Å². The highest BCUT2D eigenvalue weighted by atomic mass is 19.2. The van der Waals surface area contributed by atoms with Gasteiger partial charge >= 0.3 is 5.97 Å². The number of aliphatic hydroxyl groups is 1. The Morgan fingerprint density at radius 1 is 1.13 bits per heavy atom. The van der Waals surface area contributed by atoms with Gasteiger partial charge in [-0.1, -0.05) is 12.8 Å². The van der Waals surface area contributed by atoms with E-state index in [0.29, 0.717) is 12.8 Å². The van der Waals surface area contributed by atoms with Crippen LogP contribution in [0.4, 0.5) is 17.6 Å². The third-order valence-corrected chi connectivity index (χ3v) is 4.79. The molecule has 0 bridgehead atoms. The largest absolute Gasteiger partial charge is 0.485 e. The molecule has 2 atom stereocenters. The second-order valence-electron chi connectivity index (χ2n) is 8.56. The Bertz CT molecular complexity index is 780. The van der Waals surface area contributed by atoms with Crippen molar-refractivity contribution in [1.29, 1.82) is 0 Å². The number of benzene rings is 1. The van der Waals surface area contributed by atoms with Crippen LogP contribution < -0.4 is 10.1 Å². The number of amides is 1. The van der Waals surface area contributed by atoms with Gasteiger partial charge in [0.1, 0.15) is 18.3 Å². The second-order valence-corrected chi connectivity index (χ2v) is 8.56. The van der Waals surface area contributed by atoms with Gasteiger partial charge in [0.05, 0.1) is 12.5 Å². The fourth-order valence-corrected chi connectivity index (χ4v) is 3.30. The predicted molar refractivity (Wildman–Crippen MR) is 102 cm³/mol. The maximum atomic E-state index is 13.8. The lowest BCUT2D eigenvalue weighted by molar-refractivity contribution is -0.156. The maximum absolute atomic E-state index is 13.8. The van der Waals surface area contributed by atoms with Crippen LogP contribution in [0.3, 0.4) is 0 Å². The SMILES string of the molecule is CC(C)(C)OC(=O)C[C@H](NC(=O)C1CCCC1)C(O)COc1c(F)c(F)cc(F)c1F. The number of hydrogen-bond acceptors (Lipinski definition) is 5. The molecule has 0 radical (unpaired) electrons. The summed E-state index contributed by atoms with van der Waals surface area (Å²) < 4.78 is 64.2. The highest BCUT2D eigenvalue weighted by Gasteiger charge is 2.32. The number of aliphatic hydroxyl groups excluding tert-OH is 1. The molecule has 0 spiro atoms. The summed E-state index contributed by atoms with van der Waals surface area (Å²) in [5.41, 5.74) is -0.816. The van der Waals surface area contributed by atoms with E-state index in [-0.39, 0.29) is 17.9 Å². The van der Waals surface area contributed by atoms with Gasteiger partial charge in [-0.25, -0.2) is 8.78 Å². The van der Waals surface area contributed by atoms with E-state index in [4.69, 9.17) is 9.47 Å². The van der Waals surface area contributed by atoms with Crippen molar-refractivity contribution in [3.63, 3.8) is 0 Å². The molecule has 1 aliphatic carbocycles. The Kier molecular flexibility index (Phi) is 8.27. The standard InChI is InChI=1S/C21H27F4NO5/c1-21(2,3)31-16(28)9-14(26-20(29)11-6-4-5-7-11)15(27)10-30-19-17(24)12(22)8-13(23)18(19)25/h8,11,14-15,27H,4-7,9-10H2,1-3H3,(H,26,29)/t14-,15?/m0/s1. The summed E-state index contributed by atoms with van der Waals surface area (Å²) >= 11 is 0. The van der Waals surface area contributed by atoms with Gasteiger partial charge in [-0.3, -0.25) is 9.59 Å². The average Bonchev–Trinajstić information content (AvgIpc) is 3.19. The number of carbonyl (C=O) groups excluding carboxylic acids is 2. The van der Waals surface area contributed by atoms with Crippen LogP contribution in [0.25, 0.3) is 0 Å². The first-order valence-electron chi connectivity index (χ1n) is 10.0. The summed E-state index contributed by atoms with van der Waals surface area (Å²) in [5, 5.41) is 13.0. The van der Waals surface area contributed by atoms with E-state index in [1.54, 1.807) is 20.8 Å². The molecule has 1 aliphatic rings. The van der Waals surface area contributed by atoms with Crippen molar-refractivity contribution in [3.05, 3.63) is 29.3 Å². The number of halogens is 4. The lowest BCUT2D eigenvalue weighted by Crippen LogP contribution is -2.49. The van der Waals surface area contributed by atoms with Gasteiger partial charge < -0.3 is 19.9 Å². The van der Waals surface area contributed by atoms with Crippen LogP contribution in [0.15, 0.2) is 6.07 Å². The Hall–Kier alpha value is -2.36. The average molecular weight is 449 g/mol. The zero-order valence-electron chi connectivity index (χ0n) is 17.6. The van der Waals surface area contributed by atoms with Crippen LogP contribution in [0.5, 0.6) is 5.75 Å². The van der Waals surface area contributed by atoms with Crippen molar-refractivity contribution in [1.82, 2.24) is 5.32 Å². The molecule has 10 heteroatoms. The van der Waals surface area contributed by atoms with E-state index >= 15 is 0 Å². The molecule has 0 aliphatic heterocycles. The molecule has 1 saturated carbocycles. The first kappa shape index (κ1) is 24.9. The molecule has 2 N–H and O–H groups in total. The number of ether oxygens (including phenoxy) is 2. The predicted octanol–water partition coefficient (Wildman–Crippen LogP) is 3.39. The Labute approximate surface area is 177 Å². The fraction of sp³-hybridized carbons (Fsp3) is 0.619. The molecule has 1 unspecified atom stereocenters. The van der Waals surface area contributed by atoms with Gasteiger partial charge in [-0.05, 0) is 33.6 Å². The number of hydrogen-bond donors (Lipinski definition) is 2. The first-order chi connectivity index (χ1) is 14.4. The highest BCUT2D eigenvalue weighted by molar-refractivity contribution is 5.80. The van der Waals surface area contributed by atoms with Crippen molar-refractivity contribution in [3.8, 4) is 5.75 Å². The molecule has 31 heavy (non-hydrogen) atoms. The van der Waals surface area contributed by atoms with E-state index < -0.39 is 65.8 Å². The van der Waals surface area contributed by atoms with Crippen LogP contribution in [0.1, 0.15) is 52.9 Å².